The van der Waals surface area contributed by atoms with Crippen LogP contribution < -0.4 is 10.5 Å². The van der Waals surface area contributed by atoms with E-state index in [4.69, 9.17) is 20.8 Å². The van der Waals surface area contributed by atoms with Gasteiger partial charge in [-0.1, -0.05) is 11.6 Å². The fraction of sp³-hybridized carbons (Fsp3) is 0.111. The van der Waals surface area contributed by atoms with E-state index in [9.17, 15) is 4.79 Å². The Bertz CT molecular complexity index is 1100. The van der Waals surface area contributed by atoms with Crippen molar-refractivity contribution in [3.8, 4) is 16.3 Å². The minimum atomic E-state index is -0.420. The lowest BCUT2D eigenvalue weighted by atomic mass is 10.2. The van der Waals surface area contributed by atoms with Gasteiger partial charge in [-0.3, -0.25) is 4.57 Å². The summed E-state index contributed by atoms with van der Waals surface area (Å²) in [5, 5.41) is 3.37. The molecule has 7 heteroatoms. The number of halogens is 1. The number of rotatable bonds is 4. The molecule has 0 spiro atoms. The van der Waals surface area contributed by atoms with Gasteiger partial charge in [-0.25, -0.2) is 9.78 Å². The number of nitrogens with zero attached hydrogens (tertiary/aromatic N) is 2. The topological polar surface area (TPSA) is 57.3 Å². The van der Waals surface area contributed by atoms with E-state index >= 15 is 0 Å². The maximum absolute atomic E-state index is 12.1. The van der Waals surface area contributed by atoms with Crippen LogP contribution in [0.3, 0.4) is 0 Å². The van der Waals surface area contributed by atoms with Gasteiger partial charge in [-0.15, -0.1) is 11.3 Å². The highest BCUT2D eigenvalue weighted by Gasteiger charge is 2.12. The molecule has 0 N–H and O–H groups in total. The lowest BCUT2D eigenvalue weighted by Gasteiger charge is -2.01. The van der Waals surface area contributed by atoms with Crippen LogP contribution in [0.5, 0.6) is 5.75 Å². The molecule has 0 fully saturated rings. The van der Waals surface area contributed by atoms with E-state index in [0.717, 1.165) is 22.0 Å². The molecule has 0 radical (unpaired) electrons. The molecular weight excluding hydrogens is 360 g/mol. The van der Waals surface area contributed by atoms with E-state index < -0.39 is 5.76 Å². The number of methoxy groups -OCH3 is 1. The standard InChI is InChI=1S/C18H13ClN2O3S/c1-23-14-5-2-11(3-6-14)17-20-13(10-25-17)9-21-15-7-4-12(19)8-16(15)24-18(21)22/h2-8,10H,9H2,1H3. The molecule has 0 aliphatic heterocycles. The summed E-state index contributed by atoms with van der Waals surface area (Å²) in [6, 6.07) is 12.9. The Morgan fingerprint density at radius 3 is 2.80 bits per heavy atom. The van der Waals surface area contributed by atoms with E-state index in [-0.39, 0.29) is 0 Å². The maximum atomic E-state index is 12.1. The van der Waals surface area contributed by atoms with E-state index in [0.29, 0.717) is 22.7 Å². The Morgan fingerprint density at radius 2 is 2.04 bits per heavy atom. The highest BCUT2D eigenvalue weighted by molar-refractivity contribution is 7.13. The molecule has 0 aliphatic carbocycles. The van der Waals surface area contributed by atoms with Crippen LogP contribution in [0.25, 0.3) is 21.7 Å². The summed E-state index contributed by atoms with van der Waals surface area (Å²) in [6.07, 6.45) is 0. The van der Waals surface area contributed by atoms with Crippen molar-refractivity contribution < 1.29 is 9.15 Å². The van der Waals surface area contributed by atoms with Gasteiger partial charge in [0.25, 0.3) is 0 Å². The van der Waals surface area contributed by atoms with Gasteiger partial charge in [0, 0.05) is 22.0 Å². The predicted molar refractivity (Wildman–Crippen MR) is 98.7 cm³/mol. The van der Waals surface area contributed by atoms with Crippen molar-refractivity contribution in [2.24, 2.45) is 0 Å². The number of ether oxygens (including phenoxy) is 1. The van der Waals surface area contributed by atoms with Gasteiger partial charge >= 0.3 is 5.76 Å². The number of aromatic nitrogens is 2. The van der Waals surface area contributed by atoms with Gasteiger partial charge in [0.15, 0.2) is 5.58 Å². The summed E-state index contributed by atoms with van der Waals surface area (Å²) in [7, 11) is 1.64. The van der Waals surface area contributed by atoms with Crippen LogP contribution in [-0.4, -0.2) is 16.7 Å². The second-order valence-electron chi connectivity index (χ2n) is 5.44. The molecule has 25 heavy (non-hydrogen) atoms. The molecule has 0 amide bonds. The normalized spacial score (nSPS) is 11.1. The fourth-order valence-electron chi connectivity index (χ4n) is 2.60. The Labute approximate surface area is 152 Å². The molecule has 5 nitrogen and oxygen atoms in total. The van der Waals surface area contributed by atoms with E-state index in [1.54, 1.807) is 29.9 Å². The first kappa shape index (κ1) is 15.9. The van der Waals surface area contributed by atoms with Crippen molar-refractivity contribution in [1.82, 2.24) is 9.55 Å². The number of hydrogen-bond acceptors (Lipinski definition) is 5. The quantitative estimate of drug-likeness (QED) is 0.531. The minimum Gasteiger partial charge on any atom is -0.497 e. The Balaban J connectivity index is 1.65. The number of hydrogen-bond donors (Lipinski definition) is 0. The Morgan fingerprint density at radius 1 is 1.24 bits per heavy atom. The van der Waals surface area contributed by atoms with Crippen LogP contribution >= 0.6 is 22.9 Å². The van der Waals surface area contributed by atoms with Gasteiger partial charge in [-0.2, -0.15) is 0 Å². The highest BCUT2D eigenvalue weighted by Crippen LogP contribution is 2.26. The van der Waals surface area contributed by atoms with Crippen LogP contribution in [0, 0.1) is 0 Å². The van der Waals surface area contributed by atoms with E-state index in [1.165, 1.54) is 11.3 Å². The molecule has 0 atom stereocenters. The summed E-state index contributed by atoms with van der Waals surface area (Å²) >= 11 is 7.47. The van der Waals surface area contributed by atoms with Crippen molar-refractivity contribution in [3.63, 3.8) is 0 Å². The van der Waals surface area contributed by atoms with Crippen LogP contribution in [0.15, 0.2) is 57.1 Å². The van der Waals surface area contributed by atoms with E-state index in [1.807, 2.05) is 29.6 Å². The Hall–Kier alpha value is -2.57. The monoisotopic (exact) mass is 372 g/mol. The molecule has 126 valence electrons. The maximum Gasteiger partial charge on any atom is 0.420 e. The zero-order valence-corrected chi connectivity index (χ0v) is 14.8. The third-order valence-corrected chi connectivity index (χ3v) is 5.01. The van der Waals surface area contributed by atoms with Crippen LogP contribution in [-0.2, 0) is 6.54 Å². The molecule has 2 heterocycles. The highest BCUT2D eigenvalue weighted by atomic mass is 35.5. The summed E-state index contributed by atoms with van der Waals surface area (Å²) in [4.78, 5) is 16.7. The third-order valence-electron chi connectivity index (χ3n) is 3.84. The second kappa shape index (κ2) is 6.38. The largest absolute Gasteiger partial charge is 0.497 e. The molecule has 0 unspecified atom stereocenters. The summed E-state index contributed by atoms with van der Waals surface area (Å²) in [5.41, 5.74) is 2.99. The zero-order chi connectivity index (χ0) is 17.4. The summed E-state index contributed by atoms with van der Waals surface area (Å²) < 4.78 is 12.0. The molecule has 0 aliphatic rings. The van der Waals surface area contributed by atoms with Crippen molar-refractivity contribution >= 4 is 34.0 Å². The molecule has 4 aromatic rings. The van der Waals surface area contributed by atoms with Gasteiger partial charge in [0.1, 0.15) is 10.8 Å². The van der Waals surface area contributed by atoms with Crippen LogP contribution in [0.2, 0.25) is 5.02 Å². The third kappa shape index (κ3) is 3.06. The van der Waals surface area contributed by atoms with Crippen molar-refractivity contribution in [2.45, 2.75) is 6.54 Å². The molecule has 0 bridgehead atoms. The van der Waals surface area contributed by atoms with Crippen LogP contribution in [0.4, 0.5) is 0 Å². The van der Waals surface area contributed by atoms with Gasteiger partial charge in [-0.05, 0) is 36.4 Å². The molecule has 0 saturated carbocycles. The zero-order valence-electron chi connectivity index (χ0n) is 13.2. The summed E-state index contributed by atoms with van der Waals surface area (Å²) in [5.74, 6) is 0.381. The van der Waals surface area contributed by atoms with Crippen molar-refractivity contribution in [3.05, 3.63) is 69.1 Å². The molecule has 2 aromatic carbocycles. The average Bonchev–Trinajstić information content (AvgIpc) is 3.20. The minimum absolute atomic E-state index is 0.347. The average molecular weight is 373 g/mol. The number of fused-ring (bicyclic) bond motifs is 1. The predicted octanol–water partition coefficient (Wildman–Crippen LogP) is 4.43. The number of benzene rings is 2. The second-order valence-corrected chi connectivity index (χ2v) is 6.73. The van der Waals surface area contributed by atoms with Crippen molar-refractivity contribution in [2.75, 3.05) is 7.11 Å². The first-order valence-electron chi connectivity index (χ1n) is 7.52. The van der Waals surface area contributed by atoms with Gasteiger partial charge in [0.05, 0.1) is 24.9 Å². The van der Waals surface area contributed by atoms with Gasteiger partial charge < -0.3 is 9.15 Å². The number of thiazole rings is 1. The lowest BCUT2D eigenvalue weighted by Crippen LogP contribution is -2.15. The Kier molecular flexibility index (Phi) is 4.07. The molecule has 4 rings (SSSR count). The van der Waals surface area contributed by atoms with Crippen LogP contribution in [0.1, 0.15) is 5.69 Å². The lowest BCUT2D eigenvalue weighted by molar-refractivity contribution is 0.415. The van der Waals surface area contributed by atoms with E-state index in [2.05, 4.69) is 4.98 Å². The SMILES string of the molecule is COc1ccc(-c2nc(Cn3c(=O)oc4cc(Cl)ccc43)cs2)cc1. The summed E-state index contributed by atoms with van der Waals surface area (Å²) in [6.45, 7) is 0.347. The smallest absolute Gasteiger partial charge is 0.420 e. The van der Waals surface area contributed by atoms with Gasteiger partial charge in [0.2, 0.25) is 0 Å². The fourth-order valence-corrected chi connectivity index (χ4v) is 3.58. The first-order valence-corrected chi connectivity index (χ1v) is 8.77. The first-order chi connectivity index (χ1) is 12.1. The molecular formula is C18H13ClN2O3S. The molecule has 0 saturated heterocycles. The number of oxazole rings is 1. The molecule has 2 aromatic heterocycles. The van der Waals surface area contributed by atoms with Crippen molar-refractivity contribution in [1.29, 1.82) is 0 Å².